The molecular formula is C12H17NO4S. The molecule has 1 aromatic rings. The number of benzene rings is 1. The summed E-state index contributed by atoms with van der Waals surface area (Å²) in [4.78, 5) is 11.3. The first kappa shape index (κ1) is 14.7. The highest BCUT2D eigenvalue weighted by atomic mass is 32.2. The molecule has 2 N–H and O–H groups in total. The van der Waals surface area contributed by atoms with Crippen LogP contribution in [0.2, 0.25) is 0 Å². The Morgan fingerprint density at radius 1 is 1.33 bits per heavy atom. The van der Waals surface area contributed by atoms with E-state index in [1.807, 2.05) is 0 Å². The first-order chi connectivity index (χ1) is 8.40. The topological polar surface area (TPSA) is 86.5 Å². The van der Waals surface area contributed by atoms with Crippen molar-refractivity contribution in [1.82, 2.24) is 0 Å². The van der Waals surface area contributed by atoms with Gasteiger partial charge in [0.15, 0.2) is 9.84 Å². The summed E-state index contributed by atoms with van der Waals surface area (Å²) < 4.78 is 27.7. The van der Waals surface area contributed by atoms with Crippen LogP contribution in [0.4, 0.5) is 0 Å². The van der Waals surface area contributed by atoms with E-state index in [4.69, 9.17) is 5.73 Å². The lowest BCUT2D eigenvalue weighted by molar-refractivity contribution is -0.141. The van der Waals surface area contributed by atoms with Crippen molar-refractivity contribution in [2.75, 3.05) is 12.9 Å². The monoisotopic (exact) mass is 271 g/mol. The predicted octanol–water partition coefficient (Wildman–Crippen LogP) is 1.04. The molecule has 0 unspecified atom stereocenters. The van der Waals surface area contributed by atoms with Crippen LogP contribution < -0.4 is 5.73 Å². The fraction of sp³-hybridized carbons (Fsp3) is 0.417. The molecule has 1 aromatic carbocycles. The van der Waals surface area contributed by atoms with Crippen molar-refractivity contribution in [2.24, 2.45) is 5.73 Å². The molecule has 100 valence electrons. The second-order valence-electron chi connectivity index (χ2n) is 3.86. The van der Waals surface area contributed by atoms with Gasteiger partial charge in [-0.25, -0.2) is 8.42 Å². The Morgan fingerprint density at radius 2 is 1.89 bits per heavy atom. The average Bonchev–Trinajstić information content (AvgIpc) is 2.38. The minimum Gasteiger partial charge on any atom is -0.469 e. The second-order valence-corrected chi connectivity index (χ2v) is 6.14. The van der Waals surface area contributed by atoms with E-state index in [0.29, 0.717) is 5.56 Å². The van der Waals surface area contributed by atoms with Gasteiger partial charge in [0.05, 0.1) is 24.2 Å². The van der Waals surface area contributed by atoms with Crippen molar-refractivity contribution in [3.8, 4) is 0 Å². The summed E-state index contributed by atoms with van der Waals surface area (Å²) in [5.41, 5.74) is 6.52. The number of sulfone groups is 1. The third kappa shape index (κ3) is 3.54. The molecule has 18 heavy (non-hydrogen) atoms. The van der Waals surface area contributed by atoms with E-state index in [0.717, 1.165) is 0 Å². The molecule has 0 saturated carbocycles. The minimum atomic E-state index is -3.20. The fourth-order valence-corrected chi connectivity index (χ4v) is 2.35. The SMILES string of the molecule is CCS(=O)(=O)c1ccc([C@H](N)CC(=O)OC)cc1. The summed E-state index contributed by atoms with van der Waals surface area (Å²) in [7, 11) is -1.90. The first-order valence-electron chi connectivity index (χ1n) is 5.55. The molecule has 0 fully saturated rings. The van der Waals surface area contributed by atoms with E-state index in [-0.39, 0.29) is 17.1 Å². The number of ether oxygens (including phenoxy) is 1. The predicted molar refractivity (Wildman–Crippen MR) is 67.7 cm³/mol. The summed E-state index contributed by atoms with van der Waals surface area (Å²) in [6, 6.07) is 5.76. The van der Waals surface area contributed by atoms with E-state index < -0.39 is 21.8 Å². The van der Waals surface area contributed by atoms with Crippen molar-refractivity contribution >= 4 is 15.8 Å². The maximum absolute atomic E-state index is 11.6. The van der Waals surface area contributed by atoms with Crippen LogP contribution in [0.1, 0.15) is 24.9 Å². The van der Waals surface area contributed by atoms with E-state index >= 15 is 0 Å². The average molecular weight is 271 g/mol. The molecular weight excluding hydrogens is 254 g/mol. The highest BCUT2D eigenvalue weighted by Gasteiger charge is 2.14. The van der Waals surface area contributed by atoms with Gasteiger partial charge in [-0.05, 0) is 17.7 Å². The summed E-state index contributed by atoms with van der Waals surface area (Å²) >= 11 is 0. The van der Waals surface area contributed by atoms with Crippen LogP contribution in [0, 0.1) is 0 Å². The van der Waals surface area contributed by atoms with Crippen LogP contribution in [0.5, 0.6) is 0 Å². The lowest BCUT2D eigenvalue weighted by atomic mass is 10.1. The number of methoxy groups -OCH3 is 1. The molecule has 0 aliphatic carbocycles. The van der Waals surface area contributed by atoms with Crippen LogP contribution in [0.3, 0.4) is 0 Å². The highest BCUT2D eigenvalue weighted by molar-refractivity contribution is 7.91. The summed E-state index contributed by atoms with van der Waals surface area (Å²) in [5.74, 6) is -0.339. The zero-order valence-electron chi connectivity index (χ0n) is 10.4. The van der Waals surface area contributed by atoms with Crippen LogP contribution in [-0.2, 0) is 19.4 Å². The molecule has 0 aromatic heterocycles. The van der Waals surface area contributed by atoms with Gasteiger partial charge in [-0.3, -0.25) is 4.79 Å². The third-order valence-corrected chi connectivity index (χ3v) is 4.41. The van der Waals surface area contributed by atoms with Crippen LogP contribution >= 0.6 is 0 Å². The van der Waals surface area contributed by atoms with E-state index in [2.05, 4.69) is 4.74 Å². The van der Waals surface area contributed by atoms with Gasteiger partial charge >= 0.3 is 5.97 Å². The van der Waals surface area contributed by atoms with Gasteiger partial charge < -0.3 is 10.5 Å². The molecule has 0 bridgehead atoms. The van der Waals surface area contributed by atoms with Crippen LogP contribution in [0.25, 0.3) is 0 Å². The lowest BCUT2D eigenvalue weighted by Gasteiger charge is -2.11. The lowest BCUT2D eigenvalue weighted by Crippen LogP contribution is -2.16. The first-order valence-corrected chi connectivity index (χ1v) is 7.21. The number of carbonyl (C=O) groups excluding carboxylic acids is 1. The van der Waals surface area contributed by atoms with E-state index in [1.54, 1.807) is 19.1 Å². The number of carbonyl (C=O) groups is 1. The smallest absolute Gasteiger partial charge is 0.307 e. The van der Waals surface area contributed by atoms with E-state index in [1.165, 1.54) is 19.2 Å². The molecule has 0 radical (unpaired) electrons. The Bertz CT molecular complexity index is 507. The fourth-order valence-electron chi connectivity index (χ4n) is 1.47. The summed E-state index contributed by atoms with van der Waals surface area (Å²) in [5, 5.41) is 0. The number of nitrogens with two attached hydrogens (primary N) is 1. The standard InChI is InChI=1S/C12H17NO4S/c1-3-18(15,16)10-6-4-9(5-7-10)11(13)8-12(14)17-2/h4-7,11H,3,8,13H2,1-2H3/t11-/m1/s1. The van der Waals surface area contributed by atoms with Gasteiger partial charge in [0.2, 0.25) is 0 Å². The number of hydrogen-bond donors (Lipinski definition) is 1. The number of esters is 1. The molecule has 5 nitrogen and oxygen atoms in total. The molecule has 0 aliphatic heterocycles. The van der Waals surface area contributed by atoms with Gasteiger partial charge in [-0.15, -0.1) is 0 Å². The van der Waals surface area contributed by atoms with Crippen molar-refractivity contribution in [3.63, 3.8) is 0 Å². The largest absolute Gasteiger partial charge is 0.469 e. The van der Waals surface area contributed by atoms with Gasteiger partial charge in [0, 0.05) is 6.04 Å². The second kappa shape index (κ2) is 5.97. The van der Waals surface area contributed by atoms with Crippen molar-refractivity contribution in [1.29, 1.82) is 0 Å². The highest BCUT2D eigenvalue weighted by Crippen LogP contribution is 2.18. The zero-order valence-corrected chi connectivity index (χ0v) is 11.2. The van der Waals surface area contributed by atoms with Gasteiger partial charge in [0.1, 0.15) is 0 Å². The maximum Gasteiger partial charge on any atom is 0.307 e. The van der Waals surface area contributed by atoms with Crippen molar-refractivity contribution in [3.05, 3.63) is 29.8 Å². The third-order valence-electron chi connectivity index (χ3n) is 2.66. The minimum absolute atomic E-state index is 0.0561. The Balaban J connectivity index is 2.86. The Kier molecular flexibility index (Phi) is 4.86. The van der Waals surface area contributed by atoms with Gasteiger partial charge in [0.25, 0.3) is 0 Å². The molecule has 1 rings (SSSR count). The summed E-state index contributed by atoms with van der Waals surface area (Å²) in [6.07, 6.45) is 0.0658. The molecule has 6 heteroatoms. The Morgan fingerprint density at radius 3 is 2.33 bits per heavy atom. The van der Waals surface area contributed by atoms with E-state index in [9.17, 15) is 13.2 Å². The molecule has 0 spiro atoms. The van der Waals surface area contributed by atoms with Crippen molar-refractivity contribution in [2.45, 2.75) is 24.3 Å². The molecule has 0 aliphatic rings. The molecule has 0 amide bonds. The molecule has 0 heterocycles. The van der Waals surface area contributed by atoms with Crippen molar-refractivity contribution < 1.29 is 17.9 Å². The van der Waals surface area contributed by atoms with Gasteiger partial charge in [-0.2, -0.15) is 0 Å². The van der Waals surface area contributed by atoms with Crippen LogP contribution in [0.15, 0.2) is 29.2 Å². The maximum atomic E-state index is 11.6. The van der Waals surface area contributed by atoms with Crippen LogP contribution in [-0.4, -0.2) is 27.2 Å². The Hall–Kier alpha value is -1.40. The molecule has 1 atom stereocenters. The number of hydrogen-bond acceptors (Lipinski definition) is 5. The normalized spacial score (nSPS) is 13.1. The molecule has 0 saturated heterocycles. The summed E-state index contributed by atoms with van der Waals surface area (Å²) in [6.45, 7) is 1.59. The number of rotatable bonds is 5. The Labute approximate surface area is 107 Å². The zero-order chi connectivity index (χ0) is 13.8. The quantitative estimate of drug-likeness (QED) is 0.809. The van der Waals surface area contributed by atoms with Gasteiger partial charge in [-0.1, -0.05) is 19.1 Å².